The van der Waals surface area contributed by atoms with E-state index in [0.717, 1.165) is 23.4 Å². The summed E-state index contributed by atoms with van der Waals surface area (Å²) >= 11 is 0. The molecule has 1 aromatic carbocycles. The van der Waals surface area contributed by atoms with E-state index in [2.05, 4.69) is 27.4 Å². The summed E-state index contributed by atoms with van der Waals surface area (Å²) in [5, 5.41) is 4.13. The Morgan fingerprint density at radius 1 is 1.39 bits per heavy atom. The second-order valence-corrected chi connectivity index (χ2v) is 5.43. The number of anilines is 1. The van der Waals surface area contributed by atoms with Gasteiger partial charge in [-0.05, 0) is 24.5 Å². The van der Waals surface area contributed by atoms with E-state index >= 15 is 0 Å². The summed E-state index contributed by atoms with van der Waals surface area (Å²) in [6, 6.07) is 9.14. The third-order valence-corrected chi connectivity index (χ3v) is 3.11. The van der Waals surface area contributed by atoms with Crippen molar-refractivity contribution in [2.75, 3.05) is 12.0 Å². The molecule has 1 heterocycles. The van der Waals surface area contributed by atoms with Crippen molar-refractivity contribution >= 4 is 12.2 Å². The molecule has 0 amide bonds. The van der Waals surface area contributed by atoms with Crippen LogP contribution in [0, 0.1) is 0 Å². The van der Waals surface area contributed by atoms with Crippen LogP contribution in [-0.2, 0) is 0 Å². The van der Waals surface area contributed by atoms with Gasteiger partial charge in [0.2, 0.25) is 5.95 Å². The molecule has 0 atom stereocenters. The lowest BCUT2D eigenvalue weighted by Gasteiger charge is -2.08. The highest BCUT2D eigenvalue weighted by Crippen LogP contribution is 2.16. The van der Waals surface area contributed by atoms with Gasteiger partial charge in [-0.2, -0.15) is 5.10 Å². The Morgan fingerprint density at radius 2 is 2.17 bits per heavy atom. The van der Waals surface area contributed by atoms with Crippen LogP contribution in [0.2, 0.25) is 0 Å². The second-order valence-electron chi connectivity index (χ2n) is 5.43. The van der Waals surface area contributed by atoms with Gasteiger partial charge in [0.15, 0.2) is 0 Å². The van der Waals surface area contributed by atoms with Gasteiger partial charge >= 0.3 is 0 Å². The zero-order valence-corrected chi connectivity index (χ0v) is 13.7. The molecule has 2 rings (SSSR count). The number of aromatic amines is 1. The molecule has 0 aliphatic heterocycles. The Kier molecular flexibility index (Phi) is 5.91. The van der Waals surface area contributed by atoms with Gasteiger partial charge in [0.25, 0.3) is 5.56 Å². The Bertz CT molecular complexity index is 723. The maximum absolute atomic E-state index is 11.6. The first kappa shape index (κ1) is 16.7. The number of benzene rings is 1. The van der Waals surface area contributed by atoms with Crippen LogP contribution in [0.25, 0.3) is 0 Å². The summed E-state index contributed by atoms with van der Waals surface area (Å²) in [5.74, 6) is 1.27. The van der Waals surface area contributed by atoms with Crippen molar-refractivity contribution in [3.63, 3.8) is 0 Å². The van der Waals surface area contributed by atoms with Crippen LogP contribution in [-0.4, -0.2) is 22.8 Å². The van der Waals surface area contributed by atoms with E-state index < -0.39 is 0 Å². The summed E-state index contributed by atoms with van der Waals surface area (Å²) in [6.07, 6.45) is 2.59. The van der Waals surface area contributed by atoms with Crippen molar-refractivity contribution in [1.29, 1.82) is 0 Å². The maximum atomic E-state index is 11.6. The fourth-order valence-corrected chi connectivity index (χ4v) is 1.92. The zero-order valence-electron chi connectivity index (χ0n) is 13.7. The molecule has 0 saturated heterocycles. The summed E-state index contributed by atoms with van der Waals surface area (Å²) in [4.78, 5) is 18.6. The molecule has 0 fully saturated rings. The highest BCUT2D eigenvalue weighted by Gasteiger charge is 2.04. The molecule has 0 aliphatic carbocycles. The Balaban J connectivity index is 2.12. The molecule has 0 radical (unpaired) electrons. The van der Waals surface area contributed by atoms with E-state index in [1.165, 1.54) is 6.07 Å². The van der Waals surface area contributed by atoms with Crippen LogP contribution in [0.4, 0.5) is 5.95 Å². The Morgan fingerprint density at radius 3 is 2.91 bits per heavy atom. The molecule has 0 spiro atoms. The topological polar surface area (TPSA) is 79.4 Å². The van der Waals surface area contributed by atoms with Gasteiger partial charge in [-0.1, -0.05) is 32.9 Å². The van der Waals surface area contributed by atoms with Crippen LogP contribution in [0.15, 0.2) is 40.2 Å². The van der Waals surface area contributed by atoms with Crippen molar-refractivity contribution in [3.8, 4) is 5.75 Å². The van der Waals surface area contributed by atoms with Crippen LogP contribution >= 0.6 is 0 Å². The number of rotatable bonds is 7. The molecule has 23 heavy (non-hydrogen) atoms. The monoisotopic (exact) mass is 314 g/mol. The summed E-state index contributed by atoms with van der Waals surface area (Å²) in [7, 11) is 0. The summed E-state index contributed by atoms with van der Waals surface area (Å²) < 4.78 is 5.67. The minimum atomic E-state index is -0.201. The van der Waals surface area contributed by atoms with Gasteiger partial charge in [-0.3, -0.25) is 9.78 Å². The average Bonchev–Trinajstić information content (AvgIpc) is 2.53. The quantitative estimate of drug-likeness (QED) is 0.608. The first-order valence-electron chi connectivity index (χ1n) is 7.72. The lowest BCUT2D eigenvalue weighted by molar-refractivity contribution is 0.317. The third-order valence-electron chi connectivity index (χ3n) is 3.11. The highest BCUT2D eigenvalue weighted by atomic mass is 16.5. The maximum Gasteiger partial charge on any atom is 0.252 e. The predicted octanol–water partition coefficient (Wildman–Crippen LogP) is 3.13. The second kappa shape index (κ2) is 8.12. The van der Waals surface area contributed by atoms with Crippen molar-refractivity contribution in [2.24, 2.45) is 5.10 Å². The number of ether oxygens (including phenoxy) is 1. The van der Waals surface area contributed by atoms with Crippen molar-refractivity contribution in [1.82, 2.24) is 9.97 Å². The summed E-state index contributed by atoms with van der Waals surface area (Å²) in [6.45, 7) is 6.68. The fourth-order valence-electron chi connectivity index (χ4n) is 1.92. The number of nitrogens with one attached hydrogen (secondary N) is 2. The number of para-hydroxylation sites is 1. The molecular formula is C17H22N4O2. The summed E-state index contributed by atoms with van der Waals surface area (Å²) in [5.41, 5.74) is 4.14. The number of hydrogen-bond donors (Lipinski definition) is 2. The molecule has 122 valence electrons. The van der Waals surface area contributed by atoms with Gasteiger partial charge in [0.1, 0.15) is 5.75 Å². The molecule has 0 saturated carbocycles. The third kappa shape index (κ3) is 4.95. The minimum absolute atomic E-state index is 0.171. The molecule has 0 aliphatic rings. The van der Waals surface area contributed by atoms with Gasteiger partial charge in [-0.15, -0.1) is 0 Å². The lowest BCUT2D eigenvalue weighted by Crippen LogP contribution is -2.12. The van der Waals surface area contributed by atoms with Gasteiger partial charge < -0.3 is 4.74 Å². The van der Waals surface area contributed by atoms with Gasteiger partial charge in [0.05, 0.1) is 18.5 Å². The number of H-pyrrole nitrogens is 1. The molecule has 6 nitrogen and oxygen atoms in total. The average molecular weight is 314 g/mol. The number of hydrazone groups is 1. The normalized spacial score (nSPS) is 11.1. The van der Waals surface area contributed by atoms with E-state index in [1.54, 1.807) is 6.21 Å². The zero-order chi connectivity index (χ0) is 16.7. The van der Waals surface area contributed by atoms with Crippen LogP contribution in [0.5, 0.6) is 5.75 Å². The number of nitrogens with zero attached hydrogens (tertiary/aromatic N) is 2. The Hall–Kier alpha value is -2.63. The highest BCUT2D eigenvalue weighted by molar-refractivity contribution is 5.83. The van der Waals surface area contributed by atoms with Crippen LogP contribution < -0.4 is 15.7 Å². The molecule has 0 bridgehead atoms. The smallest absolute Gasteiger partial charge is 0.252 e. The van der Waals surface area contributed by atoms with Gasteiger partial charge in [0, 0.05) is 11.6 Å². The van der Waals surface area contributed by atoms with Crippen molar-refractivity contribution in [2.45, 2.75) is 33.1 Å². The molecule has 1 aromatic heterocycles. The Labute approximate surface area is 135 Å². The van der Waals surface area contributed by atoms with Crippen molar-refractivity contribution < 1.29 is 4.74 Å². The van der Waals surface area contributed by atoms with E-state index in [4.69, 9.17) is 4.74 Å². The van der Waals surface area contributed by atoms with Crippen LogP contribution in [0.3, 0.4) is 0 Å². The molecule has 2 N–H and O–H groups in total. The number of hydrogen-bond acceptors (Lipinski definition) is 5. The van der Waals surface area contributed by atoms with Crippen molar-refractivity contribution in [3.05, 3.63) is 51.9 Å². The standard InChI is InChI=1S/C17H22N4O2/c1-4-9-23-15-8-6-5-7-13(15)11-18-21-17-19-14(12(2)3)10-16(22)20-17/h5-8,10-12H,4,9H2,1-3H3,(H2,19,20,21,22)/b18-11-. The fraction of sp³-hybridized carbons (Fsp3) is 0.353. The first-order valence-corrected chi connectivity index (χ1v) is 7.72. The predicted molar refractivity (Wildman–Crippen MR) is 92.4 cm³/mol. The minimum Gasteiger partial charge on any atom is -0.493 e. The first-order chi connectivity index (χ1) is 11.1. The SMILES string of the molecule is CCCOc1ccccc1/C=N\Nc1nc(C(C)C)cc(=O)[nH]1. The molecule has 2 aromatic rings. The largest absolute Gasteiger partial charge is 0.493 e. The number of aromatic nitrogens is 2. The van der Waals surface area contributed by atoms with Crippen LogP contribution in [0.1, 0.15) is 44.4 Å². The van der Waals surface area contributed by atoms with Gasteiger partial charge in [-0.25, -0.2) is 10.4 Å². The van der Waals surface area contributed by atoms with E-state index in [0.29, 0.717) is 12.6 Å². The van der Waals surface area contributed by atoms with E-state index in [-0.39, 0.29) is 11.5 Å². The lowest BCUT2D eigenvalue weighted by atomic mass is 10.1. The van der Waals surface area contributed by atoms with E-state index in [1.807, 2.05) is 38.1 Å². The molecule has 6 heteroatoms. The van der Waals surface area contributed by atoms with E-state index in [9.17, 15) is 4.79 Å². The molecular weight excluding hydrogens is 292 g/mol. The molecule has 0 unspecified atom stereocenters.